The molecule has 1 aromatic rings. The molecular formula is C8H8N2. The molecule has 1 aliphatic heterocycles. The summed E-state index contributed by atoms with van der Waals surface area (Å²) in [7, 11) is 0. The van der Waals surface area contributed by atoms with E-state index < -0.39 is 0 Å². The third-order valence-electron chi connectivity index (χ3n) is 1.72. The third kappa shape index (κ3) is 0.727. The van der Waals surface area contributed by atoms with E-state index in [1.165, 1.54) is 5.56 Å². The van der Waals surface area contributed by atoms with E-state index in [-0.39, 0.29) is 5.66 Å². The van der Waals surface area contributed by atoms with Crippen LogP contribution in [0.5, 0.6) is 0 Å². The average molecular weight is 132 g/mol. The summed E-state index contributed by atoms with van der Waals surface area (Å²) < 4.78 is 0. The van der Waals surface area contributed by atoms with Crippen LogP contribution >= 0.6 is 0 Å². The maximum Gasteiger partial charge on any atom is 0.213 e. The Balaban J connectivity index is 2.36. The van der Waals surface area contributed by atoms with Gasteiger partial charge in [-0.1, -0.05) is 30.3 Å². The molecule has 0 aromatic heterocycles. The van der Waals surface area contributed by atoms with Crippen molar-refractivity contribution in [2.45, 2.75) is 12.6 Å². The highest BCUT2D eigenvalue weighted by atomic mass is 15.4. The first-order valence-corrected chi connectivity index (χ1v) is 3.31. The first-order valence-electron chi connectivity index (χ1n) is 3.31. The smallest absolute Gasteiger partial charge is 0.154 e. The fraction of sp³-hybridized carbons (Fsp3) is 0.250. The van der Waals surface area contributed by atoms with Crippen molar-refractivity contribution in [2.24, 2.45) is 10.2 Å². The Kier molecular flexibility index (Phi) is 0.926. The average Bonchev–Trinajstić information content (AvgIpc) is 2.72. The van der Waals surface area contributed by atoms with Crippen LogP contribution in [-0.2, 0) is 5.66 Å². The van der Waals surface area contributed by atoms with E-state index in [1.54, 1.807) is 0 Å². The molecule has 0 aliphatic carbocycles. The number of rotatable bonds is 1. The molecule has 0 unspecified atom stereocenters. The quantitative estimate of drug-likeness (QED) is 0.560. The Morgan fingerprint density at radius 1 is 1.10 bits per heavy atom. The van der Waals surface area contributed by atoms with Gasteiger partial charge in [0.05, 0.1) is 0 Å². The number of hydrogen-bond donors (Lipinski definition) is 0. The second-order valence-corrected chi connectivity index (χ2v) is 2.59. The summed E-state index contributed by atoms with van der Waals surface area (Å²) in [5, 5.41) is 7.86. The number of hydrogen-bond acceptors (Lipinski definition) is 2. The molecule has 1 aliphatic rings. The van der Waals surface area contributed by atoms with Crippen LogP contribution in [0.4, 0.5) is 0 Å². The van der Waals surface area contributed by atoms with E-state index in [0.29, 0.717) is 0 Å². The topological polar surface area (TPSA) is 24.7 Å². The predicted molar refractivity (Wildman–Crippen MR) is 38.7 cm³/mol. The highest BCUT2D eigenvalue weighted by molar-refractivity contribution is 5.25. The molecule has 0 saturated heterocycles. The van der Waals surface area contributed by atoms with Gasteiger partial charge in [0.15, 0.2) is 0 Å². The molecule has 0 amide bonds. The normalized spacial score (nSPS) is 18.9. The van der Waals surface area contributed by atoms with Gasteiger partial charge in [-0.3, -0.25) is 0 Å². The SMILES string of the molecule is CC1(c2ccccc2)N=N1. The first kappa shape index (κ1) is 5.59. The number of benzene rings is 1. The fourth-order valence-electron chi connectivity index (χ4n) is 0.944. The van der Waals surface area contributed by atoms with E-state index in [4.69, 9.17) is 0 Å². The van der Waals surface area contributed by atoms with Crippen molar-refractivity contribution in [1.29, 1.82) is 0 Å². The molecule has 2 rings (SSSR count). The molecule has 2 nitrogen and oxygen atoms in total. The molecule has 2 heteroatoms. The molecule has 0 atom stereocenters. The Morgan fingerprint density at radius 2 is 1.70 bits per heavy atom. The van der Waals surface area contributed by atoms with Gasteiger partial charge in [0, 0.05) is 5.56 Å². The standard InChI is InChI=1S/C8H8N2/c1-8(9-10-8)7-5-3-2-4-6-7/h2-6H,1H3. The van der Waals surface area contributed by atoms with E-state index >= 15 is 0 Å². The van der Waals surface area contributed by atoms with Gasteiger partial charge in [-0.2, -0.15) is 10.2 Å². The van der Waals surface area contributed by atoms with Crippen molar-refractivity contribution in [3.05, 3.63) is 35.9 Å². The molecule has 0 fully saturated rings. The predicted octanol–water partition coefficient (Wildman–Crippen LogP) is 2.33. The van der Waals surface area contributed by atoms with Crippen LogP contribution in [0.15, 0.2) is 40.6 Å². The van der Waals surface area contributed by atoms with E-state index in [1.807, 2.05) is 37.3 Å². The van der Waals surface area contributed by atoms with Gasteiger partial charge in [-0.15, -0.1) is 0 Å². The lowest BCUT2D eigenvalue weighted by Gasteiger charge is -2.00. The van der Waals surface area contributed by atoms with Crippen LogP contribution in [0, 0.1) is 0 Å². The second-order valence-electron chi connectivity index (χ2n) is 2.59. The van der Waals surface area contributed by atoms with Gasteiger partial charge in [-0.05, 0) is 6.92 Å². The lowest BCUT2D eigenvalue weighted by molar-refractivity contribution is 0.729. The molecule has 10 heavy (non-hydrogen) atoms. The Labute approximate surface area is 59.6 Å². The van der Waals surface area contributed by atoms with E-state index in [9.17, 15) is 0 Å². The fourth-order valence-corrected chi connectivity index (χ4v) is 0.944. The maximum atomic E-state index is 3.93. The van der Waals surface area contributed by atoms with Crippen molar-refractivity contribution in [3.63, 3.8) is 0 Å². The molecule has 0 spiro atoms. The third-order valence-corrected chi connectivity index (χ3v) is 1.72. The van der Waals surface area contributed by atoms with E-state index in [0.717, 1.165) is 0 Å². The summed E-state index contributed by atoms with van der Waals surface area (Å²) in [6, 6.07) is 10.1. The van der Waals surface area contributed by atoms with Crippen LogP contribution in [0.1, 0.15) is 12.5 Å². The largest absolute Gasteiger partial charge is 0.213 e. The van der Waals surface area contributed by atoms with Crippen molar-refractivity contribution < 1.29 is 0 Å². The van der Waals surface area contributed by atoms with Gasteiger partial charge in [-0.25, -0.2) is 0 Å². The minimum atomic E-state index is -0.207. The first-order chi connectivity index (χ1) is 4.81. The molecule has 1 heterocycles. The second kappa shape index (κ2) is 1.66. The molecule has 1 aromatic carbocycles. The van der Waals surface area contributed by atoms with Crippen LogP contribution < -0.4 is 0 Å². The van der Waals surface area contributed by atoms with Gasteiger partial charge >= 0.3 is 0 Å². The summed E-state index contributed by atoms with van der Waals surface area (Å²) in [6.07, 6.45) is 0. The monoisotopic (exact) mass is 132 g/mol. The zero-order chi connectivity index (χ0) is 7.03. The van der Waals surface area contributed by atoms with Crippen molar-refractivity contribution in [1.82, 2.24) is 0 Å². The summed E-state index contributed by atoms with van der Waals surface area (Å²) in [5.74, 6) is 0. The van der Waals surface area contributed by atoms with Gasteiger partial charge in [0.1, 0.15) is 0 Å². The van der Waals surface area contributed by atoms with Crippen molar-refractivity contribution in [3.8, 4) is 0 Å². The number of nitrogens with zero attached hydrogens (tertiary/aromatic N) is 2. The zero-order valence-electron chi connectivity index (χ0n) is 5.78. The summed E-state index contributed by atoms with van der Waals surface area (Å²) in [5.41, 5.74) is 0.969. The lowest BCUT2D eigenvalue weighted by Crippen LogP contribution is -1.99. The highest BCUT2D eigenvalue weighted by Gasteiger charge is 2.35. The molecule has 0 N–H and O–H groups in total. The molecule has 50 valence electrons. The zero-order valence-corrected chi connectivity index (χ0v) is 5.78. The Hall–Kier alpha value is -1.18. The molecule has 0 radical (unpaired) electrons. The van der Waals surface area contributed by atoms with Gasteiger partial charge in [0.2, 0.25) is 5.66 Å². The molecular weight excluding hydrogens is 124 g/mol. The van der Waals surface area contributed by atoms with Crippen LogP contribution in [-0.4, -0.2) is 0 Å². The molecule has 0 bridgehead atoms. The van der Waals surface area contributed by atoms with Gasteiger partial charge < -0.3 is 0 Å². The minimum absolute atomic E-state index is 0.207. The van der Waals surface area contributed by atoms with Gasteiger partial charge in [0.25, 0.3) is 0 Å². The van der Waals surface area contributed by atoms with Crippen LogP contribution in [0.2, 0.25) is 0 Å². The maximum absolute atomic E-state index is 3.93. The van der Waals surface area contributed by atoms with Crippen LogP contribution in [0.25, 0.3) is 0 Å². The van der Waals surface area contributed by atoms with Crippen molar-refractivity contribution in [2.75, 3.05) is 0 Å². The van der Waals surface area contributed by atoms with E-state index in [2.05, 4.69) is 10.2 Å². The van der Waals surface area contributed by atoms with Crippen molar-refractivity contribution >= 4 is 0 Å². The lowest BCUT2D eigenvalue weighted by atomic mass is 10.1. The van der Waals surface area contributed by atoms with Crippen LogP contribution in [0.3, 0.4) is 0 Å². The minimum Gasteiger partial charge on any atom is -0.154 e. The molecule has 0 saturated carbocycles. The summed E-state index contributed by atoms with van der Waals surface area (Å²) in [6.45, 7) is 2.00. The Morgan fingerprint density at radius 3 is 2.20 bits per heavy atom. The Bertz CT molecular complexity index is 258. The summed E-state index contributed by atoms with van der Waals surface area (Å²) in [4.78, 5) is 0. The summed E-state index contributed by atoms with van der Waals surface area (Å²) >= 11 is 0. The highest BCUT2D eigenvalue weighted by Crippen LogP contribution is 2.38.